The number of hydrogen-bond donors (Lipinski definition) is 2. The molecule has 0 unspecified atom stereocenters. The number of amides is 2. The number of carbonyl (C=O) groups is 2. The highest BCUT2D eigenvalue weighted by molar-refractivity contribution is 6.02. The Bertz CT molecular complexity index is 797. The number of rotatable bonds is 7. The van der Waals surface area contributed by atoms with Gasteiger partial charge in [-0.1, -0.05) is 13.8 Å². The summed E-state index contributed by atoms with van der Waals surface area (Å²) in [6.45, 7) is 5.75. The minimum Gasteiger partial charge on any atom is -0.350 e. The van der Waals surface area contributed by atoms with Crippen molar-refractivity contribution in [3.63, 3.8) is 0 Å². The maximum atomic E-state index is 12.7. The van der Waals surface area contributed by atoms with Gasteiger partial charge in [-0.2, -0.15) is 10.2 Å². The van der Waals surface area contributed by atoms with E-state index in [9.17, 15) is 18.4 Å². The van der Waals surface area contributed by atoms with Crippen molar-refractivity contribution in [1.82, 2.24) is 24.9 Å². The molecule has 0 aromatic carbocycles. The summed E-state index contributed by atoms with van der Waals surface area (Å²) in [6.07, 6.45) is -1.34. The summed E-state index contributed by atoms with van der Waals surface area (Å²) in [4.78, 5) is 24.5. The van der Waals surface area contributed by atoms with E-state index < -0.39 is 12.3 Å². The third-order valence-electron chi connectivity index (χ3n) is 3.62. The predicted molar refractivity (Wildman–Crippen MR) is 90.9 cm³/mol. The Morgan fingerprint density at radius 2 is 2.00 bits per heavy atom. The summed E-state index contributed by atoms with van der Waals surface area (Å²) in [5.41, 5.74) is 0.518. The molecular formula is C16H22F2N6O2. The summed E-state index contributed by atoms with van der Waals surface area (Å²) in [7, 11) is 1.59. The van der Waals surface area contributed by atoms with Gasteiger partial charge in [0, 0.05) is 19.3 Å². The van der Waals surface area contributed by atoms with Crippen LogP contribution in [0.25, 0.3) is 0 Å². The number of nitrogens with one attached hydrogen (secondary N) is 2. The van der Waals surface area contributed by atoms with Crippen molar-refractivity contribution >= 4 is 17.5 Å². The fourth-order valence-corrected chi connectivity index (χ4v) is 2.31. The number of alkyl halides is 2. The van der Waals surface area contributed by atoms with E-state index in [4.69, 9.17) is 0 Å². The second-order valence-corrected chi connectivity index (χ2v) is 6.35. The van der Waals surface area contributed by atoms with Crippen molar-refractivity contribution < 1.29 is 18.4 Å². The quantitative estimate of drug-likeness (QED) is 0.780. The summed E-state index contributed by atoms with van der Waals surface area (Å²) >= 11 is 0. The Balaban J connectivity index is 2.09. The first kappa shape index (κ1) is 19.5. The molecule has 0 radical (unpaired) electrons. The van der Waals surface area contributed by atoms with E-state index in [-0.39, 0.29) is 35.4 Å². The van der Waals surface area contributed by atoms with Gasteiger partial charge in [0.2, 0.25) is 5.91 Å². The molecule has 8 nitrogen and oxygen atoms in total. The van der Waals surface area contributed by atoms with Crippen LogP contribution in [0.3, 0.4) is 0 Å². The summed E-state index contributed by atoms with van der Waals surface area (Å²) in [5.74, 6) is -0.579. The lowest BCUT2D eigenvalue weighted by atomic mass is 10.2. The monoisotopic (exact) mass is 368 g/mol. The van der Waals surface area contributed by atoms with Crippen LogP contribution in [0.2, 0.25) is 0 Å². The fourth-order valence-electron chi connectivity index (χ4n) is 2.31. The molecule has 0 atom stereocenters. The lowest BCUT2D eigenvalue weighted by molar-refractivity contribution is -0.117. The molecule has 10 heteroatoms. The van der Waals surface area contributed by atoms with Crippen molar-refractivity contribution in [2.75, 3.05) is 11.9 Å². The third kappa shape index (κ3) is 4.64. The van der Waals surface area contributed by atoms with Gasteiger partial charge >= 0.3 is 0 Å². The Morgan fingerprint density at radius 1 is 1.31 bits per heavy atom. The van der Waals surface area contributed by atoms with Crippen LogP contribution >= 0.6 is 0 Å². The highest BCUT2D eigenvalue weighted by atomic mass is 19.3. The van der Waals surface area contributed by atoms with Gasteiger partial charge < -0.3 is 10.6 Å². The number of aryl methyl sites for hydroxylation is 2. The first-order chi connectivity index (χ1) is 12.2. The Morgan fingerprint density at radius 3 is 2.58 bits per heavy atom. The second-order valence-electron chi connectivity index (χ2n) is 6.35. The standard InChI is InChI=1S/C16H22F2N6O2/c1-9(2)6-19-16(26)14-12(7-20-23(14)4)21-13(25)8-24-10(3)5-11(22-24)15(17)18/h5,7,9,15H,6,8H2,1-4H3,(H,19,26)(H,21,25). The van der Waals surface area contributed by atoms with Gasteiger partial charge in [-0.3, -0.25) is 19.0 Å². The van der Waals surface area contributed by atoms with E-state index in [0.29, 0.717) is 12.2 Å². The molecule has 2 amide bonds. The normalized spacial score (nSPS) is 11.2. The molecule has 0 spiro atoms. The summed E-state index contributed by atoms with van der Waals surface area (Å²) < 4.78 is 27.9. The van der Waals surface area contributed by atoms with Gasteiger partial charge in [0.15, 0.2) is 0 Å². The maximum Gasteiger partial charge on any atom is 0.282 e. The van der Waals surface area contributed by atoms with Crippen molar-refractivity contribution in [2.24, 2.45) is 13.0 Å². The zero-order valence-corrected chi connectivity index (χ0v) is 15.1. The summed E-state index contributed by atoms with van der Waals surface area (Å²) in [5, 5.41) is 13.0. The van der Waals surface area contributed by atoms with Crippen LogP contribution in [0.15, 0.2) is 12.3 Å². The van der Waals surface area contributed by atoms with Crippen LogP contribution in [0, 0.1) is 12.8 Å². The van der Waals surface area contributed by atoms with Gasteiger partial charge in [-0.15, -0.1) is 0 Å². The third-order valence-corrected chi connectivity index (χ3v) is 3.62. The van der Waals surface area contributed by atoms with Crippen molar-refractivity contribution in [1.29, 1.82) is 0 Å². The van der Waals surface area contributed by atoms with Crippen LogP contribution in [-0.2, 0) is 18.4 Å². The minimum atomic E-state index is -2.70. The molecule has 0 saturated carbocycles. The molecular weight excluding hydrogens is 346 g/mol. The zero-order valence-electron chi connectivity index (χ0n) is 15.1. The molecule has 2 heterocycles. The highest BCUT2D eigenvalue weighted by Gasteiger charge is 2.20. The number of anilines is 1. The minimum absolute atomic E-state index is 0.212. The van der Waals surface area contributed by atoms with Gasteiger partial charge in [0.1, 0.15) is 17.9 Å². The lowest BCUT2D eigenvalue weighted by Crippen LogP contribution is -2.30. The van der Waals surface area contributed by atoms with Crippen LogP contribution in [-0.4, -0.2) is 37.9 Å². The molecule has 0 fully saturated rings. The smallest absolute Gasteiger partial charge is 0.282 e. The molecule has 0 aliphatic rings. The van der Waals surface area contributed by atoms with E-state index in [1.807, 2.05) is 13.8 Å². The Labute approximate surface area is 149 Å². The van der Waals surface area contributed by atoms with Crippen LogP contribution in [0.1, 0.15) is 42.1 Å². The summed E-state index contributed by atoms with van der Waals surface area (Å²) in [6, 6.07) is 1.23. The number of aromatic nitrogens is 4. The molecule has 2 aromatic heterocycles. The average molecular weight is 368 g/mol. The molecule has 0 aliphatic carbocycles. The first-order valence-electron chi connectivity index (χ1n) is 8.11. The first-order valence-corrected chi connectivity index (χ1v) is 8.11. The number of halogens is 2. The molecule has 142 valence electrons. The number of nitrogens with zero attached hydrogens (tertiary/aromatic N) is 4. The second kappa shape index (κ2) is 8.07. The molecule has 2 rings (SSSR count). The van der Waals surface area contributed by atoms with E-state index >= 15 is 0 Å². The molecule has 26 heavy (non-hydrogen) atoms. The highest BCUT2D eigenvalue weighted by Crippen LogP contribution is 2.18. The van der Waals surface area contributed by atoms with Crippen molar-refractivity contribution in [3.8, 4) is 0 Å². The molecule has 2 aromatic rings. The average Bonchev–Trinajstić information content (AvgIpc) is 3.08. The SMILES string of the molecule is Cc1cc(C(F)F)nn1CC(=O)Nc1cnn(C)c1C(=O)NCC(C)C. The Kier molecular flexibility index (Phi) is 6.06. The number of carbonyl (C=O) groups excluding carboxylic acids is 2. The molecule has 0 bridgehead atoms. The van der Waals surface area contributed by atoms with E-state index in [0.717, 1.165) is 0 Å². The van der Waals surface area contributed by atoms with Crippen molar-refractivity contribution in [2.45, 2.75) is 33.7 Å². The molecule has 0 aliphatic heterocycles. The van der Waals surface area contributed by atoms with Gasteiger partial charge in [0.05, 0.1) is 11.9 Å². The molecule has 0 saturated heterocycles. The maximum absolute atomic E-state index is 12.7. The van der Waals surface area contributed by atoms with Gasteiger partial charge in [-0.05, 0) is 18.9 Å². The van der Waals surface area contributed by atoms with E-state index in [1.165, 1.54) is 21.6 Å². The topological polar surface area (TPSA) is 93.8 Å². The zero-order chi connectivity index (χ0) is 19.4. The van der Waals surface area contributed by atoms with Crippen LogP contribution < -0.4 is 10.6 Å². The van der Waals surface area contributed by atoms with E-state index in [2.05, 4.69) is 20.8 Å². The van der Waals surface area contributed by atoms with Gasteiger partial charge in [-0.25, -0.2) is 8.78 Å². The van der Waals surface area contributed by atoms with Gasteiger partial charge in [0.25, 0.3) is 12.3 Å². The fraction of sp³-hybridized carbons (Fsp3) is 0.500. The largest absolute Gasteiger partial charge is 0.350 e. The lowest BCUT2D eigenvalue weighted by Gasteiger charge is -2.10. The van der Waals surface area contributed by atoms with Crippen LogP contribution in [0.5, 0.6) is 0 Å². The number of hydrogen-bond acceptors (Lipinski definition) is 4. The Hall–Kier alpha value is -2.78. The molecule has 2 N–H and O–H groups in total. The van der Waals surface area contributed by atoms with Crippen LogP contribution in [0.4, 0.5) is 14.5 Å². The van der Waals surface area contributed by atoms with E-state index in [1.54, 1.807) is 14.0 Å². The van der Waals surface area contributed by atoms with Crippen molar-refractivity contribution in [3.05, 3.63) is 29.3 Å². The predicted octanol–water partition coefficient (Wildman–Crippen LogP) is 1.89.